The summed E-state index contributed by atoms with van der Waals surface area (Å²) in [5.41, 5.74) is 7.65. The highest BCUT2D eigenvalue weighted by Gasteiger charge is 2.41. The predicted octanol–water partition coefficient (Wildman–Crippen LogP) is 3.31. The minimum atomic E-state index is -0.0307. The smallest absolute Gasteiger partial charge is 0.151 e. The summed E-state index contributed by atoms with van der Waals surface area (Å²) in [5.74, 6) is 0. The fourth-order valence-electron chi connectivity index (χ4n) is 3.06. The van der Waals surface area contributed by atoms with E-state index < -0.39 is 0 Å². The number of ether oxygens (including phenoxy) is 2. The van der Waals surface area contributed by atoms with Gasteiger partial charge in [-0.1, -0.05) is 11.8 Å². The fraction of sp³-hybridized carbons (Fsp3) is 0.533. The van der Waals surface area contributed by atoms with Crippen molar-refractivity contribution in [1.82, 2.24) is 4.98 Å². The minimum absolute atomic E-state index is 0.0307. The molecule has 4 nitrogen and oxygen atoms in total. The number of hydrogen-bond donors (Lipinski definition) is 1. The van der Waals surface area contributed by atoms with Crippen LogP contribution in [0.3, 0.4) is 0 Å². The van der Waals surface area contributed by atoms with Gasteiger partial charge < -0.3 is 15.2 Å². The van der Waals surface area contributed by atoms with Gasteiger partial charge in [-0.05, 0) is 31.0 Å². The normalized spacial score (nSPS) is 29.4. The third-order valence-corrected chi connectivity index (χ3v) is 6.56. The maximum absolute atomic E-state index is 6.00. The molecule has 2 saturated heterocycles. The average Bonchev–Trinajstić information content (AvgIpc) is 3.05. The number of rotatable bonds is 2. The molecule has 0 amide bonds. The van der Waals surface area contributed by atoms with Crippen LogP contribution >= 0.6 is 23.1 Å². The third-order valence-electron chi connectivity index (χ3n) is 4.18. The summed E-state index contributed by atoms with van der Waals surface area (Å²) >= 11 is 3.62. The van der Waals surface area contributed by atoms with Crippen LogP contribution in [0.25, 0.3) is 10.2 Å². The van der Waals surface area contributed by atoms with Crippen LogP contribution in [0.5, 0.6) is 0 Å². The van der Waals surface area contributed by atoms with Crippen LogP contribution in [0.4, 0.5) is 5.69 Å². The predicted molar refractivity (Wildman–Crippen MR) is 87.0 cm³/mol. The van der Waals surface area contributed by atoms with Gasteiger partial charge in [-0.3, -0.25) is 0 Å². The lowest BCUT2D eigenvalue weighted by Gasteiger charge is -2.36. The van der Waals surface area contributed by atoms with Gasteiger partial charge in [-0.2, -0.15) is 0 Å². The number of nitrogen functional groups attached to an aromatic ring is 1. The highest BCUT2D eigenvalue weighted by atomic mass is 32.2. The SMILES string of the molecule is Nc1ccc2nc(SC3CCOC4(CCOC4)C3)sc2c1. The first-order valence-electron chi connectivity index (χ1n) is 7.27. The van der Waals surface area contributed by atoms with Crippen LogP contribution in [-0.2, 0) is 9.47 Å². The van der Waals surface area contributed by atoms with E-state index in [2.05, 4.69) is 0 Å². The summed E-state index contributed by atoms with van der Waals surface area (Å²) in [5, 5.41) is 0.568. The van der Waals surface area contributed by atoms with E-state index >= 15 is 0 Å². The molecule has 112 valence electrons. The molecule has 2 aliphatic rings. The van der Waals surface area contributed by atoms with Crippen molar-refractivity contribution >= 4 is 39.0 Å². The van der Waals surface area contributed by atoms with E-state index in [1.165, 1.54) is 4.70 Å². The lowest BCUT2D eigenvalue weighted by atomic mass is 9.93. The van der Waals surface area contributed by atoms with E-state index in [4.69, 9.17) is 20.2 Å². The Kier molecular flexibility index (Phi) is 3.57. The lowest BCUT2D eigenvalue weighted by Crippen LogP contribution is -2.41. The molecule has 1 aromatic carbocycles. The van der Waals surface area contributed by atoms with Crippen molar-refractivity contribution in [2.24, 2.45) is 0 Å². The average molecular weight is 322 g/mol. The van der Waals surface area contributed by atoms with Crippen LogP contribution in [0.15, 0.2) is 22.5 Å². The quantitative estimate of drug-likeness (QED) is 0.860. The molecule has 2 aromatic rings. The van der Waals surface area contributed by atoms with Gasteiger partial charge in [0.1, 0.15) is 0 Å². The molecule has 6 heteroatoms. The van der Waals surface area contributed by atoms with E-state index in [1.807, 2.05) is 30.0 Å². The van der Waals surface area contributed by atoms with Crippen LogP contribution < -0.4 is 5.73 Å². The Bertz CT molecular complexity index is 652. The largest absolute Gasteiger partial charge is 0.399 e. The first kappa shape index (κ1) is 13.8. The second-order valence-electron chi connectivity index (χ2n) is 5.77. The van der Waals surface area contributed by atoms with E-state index in [9.17, 15) is 0 Å². The molecule has 2 atom stereocenters. The number of nitrogens with zero attached hydrogens (tertiary/aromatic N) is 1. The molecule has 21 heavy (non-hydrogen) atoms. The lowest BCUT2D eigenvalue weighted by molar-refractivity contribution is -0.0769. The van der Waals surface area contributed by atoms with Gasteiger partial charge in [-0.15, -0.1) is 11.3 Å². The minimum Gasteiger partial charge on any atom is -0.399 e. The summed E-state index contributed by atoms with van der Waals surface area (Å²) in [6.45, 7) is 2.41. The summed E-state index contributed by atoms with van der Waals surface area (Å²) in [7, 11) is 0. The highest BCUT2D eigenvalue weighted by molar-refractivity contribution is 8.01. The molecule has 0 radical (unpaired) electrons. The number of nitrogens with two attached hydrogens (primary N) is 1. The molecule has 1 spiro atoms. The fourth-order valence-corrected chi connectivity index (χ4v) is 5.71. The molecule has 1 aromatic heterocycles. The molecule has 4 rings (SSSR count). The van der Waals surface area contributed by atoms with Crippen molar-refractivity contribution in [3.8, 4) is 0 Å². The van der Waals surface area contributed by atoms with Gasteiger partial charge in [0.25, 0.3) is 0 Å². The molecule has 0 saturated carbocycles. The number of hydrogen-bond acceptors (Lipinski definition) is 6. The molecule has 0 aliphatic carbocycles. The Hall–Kier alpha value is -0.820. The Morgan fingerprint density at radius 3 is 3.19 bits per heavy atom. The number of thioether (sulfide) groups is 1. The van der Waals surface area contributed by atoms with E-state index in [1.54, 1.807) is 11.3 Å². The number of anilines is 1. The molecule has 2 N–H and O–H groups in total. The zero-order valence-corrected chi connectivity index (χ0v) is 13.3. The van der Waals surface area contributed by atoms with Crippen molar-refractivity contribution in [1.29, 1.82) is 0 Å². The van der Waals surface area contributed by atoms with Gasteiger partial charge in [0.2, 0.25) is 0 Å². The highest BCUT2D eigenvalue weighted by Crippen LogP contribution is 2.41. The van der Waals surface area contributed by atoms with Crippen LogP contribution in [0, 0.1) is 0 Å². The summed E-state index contributed by atoms with van der Waals surface area (Å²) < 4.78 is 13.8. The van der Waals surface area contributed by atoms with Crippen LogP contribution in [0.1, 0.15) is 19.3 Å². The van der Waals surface area contributed by atoms with Gasteiger partial charge >= 0.3 is 0 Å². The van der Waals surface area contributed by atoms with Crippen molar-refractivity contribution in [2.45, 2.75) is 34.5 Å². The Labute approximate surface area is 132 Å². The number of thiazole rings is 1. The van der Waals surface area contributed by atoms with Gasteiger partial charge in [-0.25, -0.2) is 4.98 Å². The second-order valence-corrected chi connectivity index (χ2v) is 8.35. The Morgan fingerprint density at radius 2 is 2.33 bits per heavy atom. The number of fused-ring (bicyclic) bond motifs is 1. The molecule has 0 bridgehead atoms. The third kappa shape index (κ3) is 2.77. The first-order valence-corrected chi connectivity index (χ1v) is 8.97. The van der Waals surface area contributed by atoms with E-state index in [0.29, 0.717) is 5.25 Å². The molecule has 2 unspecified atom stereocenters. The van der Waals surface area contributed by atoms with Crippen molar-refractivity contribution in [3.63, 3.8) is 0 Å². The number of aromatic nitrogens is 1. The monoisotopic (exact) mass is 322 g/mol. The van der Waals surface area contributed by atoms with E-state index in [0.717, 1.165) is 54.6 Å². The topological polar surface area (TPSA) is 57.4 Å². The van der Waals surface area contributed by atoms with Gasteiger partial charge in [0.15, 0.2) is 4.34 Å². The Balaban J connectivity index is 1.51. The standard InChI is InChI=1S/C15H18N2O2S2/c16-10-1-2-12-13(7-10)21-14(17-12)20-11-3-5-19-15(8-11)4-6-18-9-15/h1-2,7,11H,3-6,8-9,16H2. The summed E-state index contributed by atoms with van der Waals surface area (Å²) in [6, 6.07) is 5.92. The zero-order valence-electron chi connectivity index (χ0n) is 11.7. The molecule has 2 aliphatic heterocycles. The van der Waals surface area contributed by atoms with Crippen molar-refractivity contribution in [2.75, 3.05) is 25.6 Å². The summed E-state index contributed by atoms with van der Waals surface area (Å²) in [4.78, 5) is 4.72. The summed E-state index contributed by atoms with van der Waals surface area (Å²) in [6.07, 6.45) is 3.18. The molecular formula is C15H18N2O2S2. The molecular weight excluding hydrogens is 304 g/mol. The van der Waals surface area contributed by atoms with Gasteiger partial charge in [0, 0.05) is 30.6 Å². The van der Waals surface area contributed by atoms with E-state index in [-0.39, 0.29) is 5.60 Å². The maximum Gasteiger partial charge on any atom is 0.151 e. The Morgan fingerprint density at radius 1 is 1.38 bits per heavy atom. The van der Waals surface area contributed by atoms with Crippen LogP contribution in [0.2, 0.25) is 0 Å². The molecule has 2 fully saturated rings. The maximum atomic E-state index is 6.00. The first-order chi connectivity index (χ1) is 10.2. The van der Waals surface area contributed by atoms with Crippen molar-refractivity contribution < 1.29 is 9.47 Å². The second kappa shape index (κ2) is 5.43. The zero-order chi connectivity index (χ0) is 14.3. The number of benzene rings is 1. The van der Waals surface area contributed by atoms with Crippen molar-refractivity contribution in [3.05, 3.63) is 18.2 Å². The molecule has 3 heterocycles. The van der Waals surface area contributed by atoms with Crippen LogP contribution in [-0.4, -0.2) is 35.7 Å². The van der Waals surface area contributed by atoms with Gasteiger partial charge in [0.05, 0.1) is 22.4 Å².